The molecule has 0 fully saturated rings. The molecule has 0 radical (unpaired) electrons. The van der Waals surface area contributed by atoms with Crippen LogP contribution in [0.15, 0.2) is 60.7 Å². The number of carbonyl (C=O) groups excluding carboxylic acids is 2. The summed E-state index contributed by atoms with van der Waals surface area (Å²) in [5.74, 6) is 1.11. The highest BCUT2D eigenvalue weighted by Gasteiger charge is 2.20. The van der Waals surface area contributed by atoms with Crippen LogP contribution in [0.3, 0.4) is 0 Å². The molecule has 138 valence electrons. The van der Waals surface area contributed by atoms with Crippen LogP contribution >= 0.6 is 23.5 Å². The standard InChI is InChI=1S/C19H23N3O2S2/c1-25-13-12-17(18(23)22-21-16-10-6-3-7-11-16)20-19(24)26-14-15-8-4-2-5-9-15/h2-11,17,21H,12-14H2,1H3,(H,20,24)(H,22,23). The number of carbonyl (C=O) groups is 2. The summed E-state index contributed by atoms with van der Waals surface area (Å²) in [6.07, 6.45) is 2.55. The Hall–Kier alpha value is -2.12. The molecule has 0 aliphatic heterocycles. The molecule has 0 saturated heterocycles. The molecule has 3 N–H and O–H groups in total. The van der Waals surface area contributed by atoms with Crippen LogP contribution in [0.1, 0.15) is 12.0 Å². The molecule has 0 bridgehead atoms. The number of para-hydroxylation sites is 1. The quantitative estimate of drug-likeness (QED) is 0.568. The molecule has 2 rings (SSSR count). The molecule has 5 nitrogen and oxygen atoms in total. The van der Waals surface area contributed by atoms with E-state index in [0.717, 1.165) is 17.0 Å². The van der Waals surface area contributed by atoms with Gasteiger partial charge < -0.3 is 5.32 Å². The molecule has 0 heterocycles. The van der Waals surface area contributed by atoms with Gasteiger partial charge in [0.25, 0.3) is 11.1 Å². The monoisotopic (exact) mass is 389 g/mol. The molecule has 0 saturated carbocycles. The van der Waals surface area contributed by atoms with E-state index in [9.17, 15) is 9.59 Å². The molecule has 0 spiro atoms. The van der Waals surface area contributed by atoms with E-state index in [4.69, 9.17) is 0 Å². The van der Waals surface area contributed by atoms with Gasteiger partial charge in [-0.2, -0.15) is 11.8 Å². The molecular formula is C19H23N3O2S2. The Labute approximate surface area is 162 Å². The fraction of sp³-hybridized carbons (Fsp3) is 0.263. The van der Waals surface area contributed by atoms with Crippen LogP contribution in [0.4, 0.5) is 10.5 Å². The van der Waals surface area contributed by atoms with Gasteiger partial charge in [0.1, 0.15) is 6.04 Å². The number of benzene rings is 2. The first-order valence-electron chi connectivity index (χ1n) is 8.26. The number of rotatable bonds is 9. The van der Waals surface area contributed by atoms with Crippen LogP contribution in [0.25, 0.3) is 0 Å². The summed E-state index contributed by atoms with van der Waals surface area (Å²) in [5, 5.41) is 2.62. The average Bonchev–Trinajstić information content (AvgIpc) is 2.69. The topological polar surface area (TPSA) is 70.2 Å². The number of amides is 2. The zero-order chi connectivity index (χ0) is 18.6. The molecule has 0 aliphatic carbocycles. The fourth-order valence-corrected chi connectivity index (χ4v) is 3.34. The van der Waals surface area contributed by atoms with Gasteiger partial charge in [0.15, 0.2) is 0 Å². The molecule has 2 amide bonds. The highest BCUT2D eigenvalue weighted by Crippen LogP contribution is 2.13. The van der Waals surface area contributed by atoms with Gasteiger partial charge in [-0.25, -0.2) is 0 Å². The van der Waals surface area contributed by atoms with Crippen molar-refractivity contribution in [3.8, 4) is 0 Å². The number of hydrazine groups is 1. The van der Waals surface area contributed by atoms with Gasteiger partial charge >= 0.3 is 0 Å². The fourth-order valence-electron chi connectivity index (χ4n) is 2.15. The molecule has 0 aromatic heterocycles. The Kier molecular flexibility index (Phi) is 8.92. The lowest BCUT2D eigenvalue weighted by Crippen LogP contribution is -2.47. The molecule has 1 atom stereocenters. The van der Waals surface area contributed by atoms with Gasteiger partial charge in [0.2, 0.25) is 0 Å². The van der Waals surface area contributed by atoms with Crippen LogP contribution in [-0.4, -0.2) is 29.2 Å². The van der Waals surface area contributed by atoms with E-state index < -0.39 is 6.04 Å². The van der Waals surface area contributed by atoms with Crippen LogP contribution < -0.4 is 16.2 Å². The van der Waals surface area contributed by atoms with Gasteiger partial charge in [-0.3, -0.25) is 20.4 Å². The van der Waals surface area contributed by atoms with Crippen molar-refractivity contribution in [1.82, 2.24) is 10.7 Å². The van der Waals surface area contributed by atoms with Gasteiger partial charge in [-0.05, 0) is 36.1 Å². The van der Waals surface area contributed by atoms with Crippen molar-refractivity contribution in [2.24, 2.45) is 0 Å². The minimum absolute atomic E-state index is 0.199. The number of nitrogens with one attached hydrogen (secondary N) is 3. The first-order chi connectivity index (χ1) is 12.7. The van der Waals surface area contributed by atoms with E-state index in [0.29, 0.717) is 12.2 Å². The minimum Gasteiger partial charge on any atom is -0.335 e. The summed E-state index contributed by atoms with van der Waals surface area (Å²) in [5.41, 5.74) is 7.39. The normalized spacial score (nSPS) is 11.4. The average molecular weight is 390 g/mol. The van der Waals surface area contributed by atoms with Gasteiger partial charge in [-0.1, -0.05) is 60.3 Å². The maximum atomic E-state index is 12.4. The number of hydrogen-bond acceptors (Lipinski definition) is 5. The van der Waals surface area contributed by atoms with Crippen LogP contribution in [0.2, 0.25) is 0 Å². The zero-order valence-corrected chi connectivity index (χ0v) is 16.2. The Morgan fingerprint density at radius 3 is 2.31 bits per heavy atom. The lowest BCUT2D eigenvalue weighted by atomic mass is 10.2. The lowest BCUT2D eigenvalue weighted by Gasteiger charge is -2.18. The van der Waals surface area contributed by atoms with Crippen LogP contribution in [-0.2, 0) is 10.5 Å². The summed E-state index contributed by atoms with van der Waals surface area (Å²) in [6.45, 7) is 0. The molecule has 0 aliphatic rings. The molecule has 26 heavy (non-hydrogen) atoms. The predicted octanol–water partition coefficient (Wildman–Crippen LogP) is 3.89. The summed E-state index contributed by atoms with van der Waals surface area (Å²) >= 11 is 2.81. The third-order valence-corrected chi connectivity index (χ3v) is 5.04. The summed E-state index contributed by atoms with van der Waals surface area (Å²) in [4.78, 5) is 24.6. The van der Waals surface area contributed by atoms with Crippen molar-refractivity contribution >= 4 is 40.4 Å². The molecule has 1 unspecified atom stereocenters. The van der Waals surface area contributed by atoms with E-state index in [1.54, 1.807) is 11.8 Å². The van der Waals surface area contributed by atoms with E-state index in [2.05, 4.69) is 16.2 Å². The maximum absolute atomic E-state index is 12.4. The zero-order valence-electron chi connectivity index (χ0n) is 14.6. The highest BCUT2D eigenvalue weighted by atomic mass is 32.2. The van der Waals surface area contributed by atoms with E-state index in [1.165, 1.54) is 11.8 Å². The van der Waals surface area contributed by atoms with Gasteiger partial charge in [0.05, 0.1) is 5.69 Å². The van der Waals surface area contributed by atoms with E-state index in [-0.39, 0.29) is 11.1 Å². The molecule has 2 aromatic rings. The largest absolute Gasteiger partial charge is 0.335 e. The van der Waals surface area contributed by atoms with Crippen molar-refractivity contribution in [3.05, 3.63) is 66.2 Å². The minimum atomic E-state index is -0.575. The van der Waals surface area contributed by atoms with Crippen molar-refractivity contribution in [2.45, 2.75) is 18.2 Å². The van der Waals surface area contributed by atoms with E-state index >= 15 is 0 Å². The van der Waals surface area contributed by atoms with Crippen molar-refractivity contribution in [2.75, 3.05) is 17.4 Å². The van der Waals surface area contributed by atoms with Crippen LogP contribution in [0.5, 0.6) is 0 Å². The first kappa shape index (κ1) is 20.2. The number of anilines is 1. The number of thioether (sulfide) groups is 2. The van der Waals surface area contributed by atoms with E-state index in [1.807, 2.05) is 66.9 Å². The second-order valence-corrected chi connectivity index (χ2v) is 7.45. The highest BCUT2D eigenvalue weighted by molar-refractivity contribution is 8.12. The Morgan fingerprint density at radius 1 is 1.00 bits per heavy atom. The smallest absolute Gasteiger partial charge is 0.280 e. The third kappa shape index (κ3) is 7.41. The molecule has 2 aromatic carbocycles. The molecule has 7 heteroatoms. The number of hydrogen-bond donors (Lipinski definition) is 3. The third-order valence-electron chi connectivity index (χ3n) is 3.54. The maximum Gasteiger partial charge on any atom is 0.280 e. The summed E-state index contributed by atoms with van der Waals surface area (Å²) in [7, 11) is 0. The second-order valence-electron chi connectivity index (χ2n) is 5.52. The summed E-state index contributed by atoms with van der Waals surface area (Å²) < 4.78 is 0. The Balaban J connectivity index is 1.84. The Bertz CT molecular complexity index is 684. The SMILES string of the molecule is CSCCC(NC(=O)SCc1ccccc1)C(=O)NNc1ccccc1. The van der Waals surface area contributed by atoms with Gasteiger partial charge in [0, 0.05) is 5.75 Å². The van der Waals surface area contributed by atoms with Crippen molar-refractivity contribution < 1.29 is 9.59 Å². The van der Waals surface area contributed by atoms with Crippen LogP contribution in [0, 0.1) is 0 Å². The van der Waals surface area contributed by atoms with Crippen molar-refractivity contribution in [3.63, 3.8) is 0 Å². The Morgan fingerprint density at radius 2 is 1.65 bits per heavy atom. The summed E-state index contributed by atoms with van der Waals surface area (Å²) in [6, 6.07) is 18.6. The van der Waals surface area contributed by atoms with Gasteiger partial charge in [-0.15, -0.1) is 0 Å². The lowest BCUT2D eigenvalue weighted by molar-refractivity contribution is -0.122. The van der Waals surface area contributed by atoms with Crippen molar-refractivity contribution in [1.29, 1.82) is 0 Å². The predicted molar refractivity (Wildman–Crippen MR) is 111 cm³/mol. The first-order valence-corrected chi connectivity index (χ1v) is 10.6. The molecular weight excluding hydrogens is 366 g/mol. The second kappa shape index (κ2) is 11.5.